The molecule has 0 amide bonds. The number of aliphatic hydroxyl groups excluding tert-OH is 1. The Morgan fingerprint density at radius 1 is 1.47 bits per heavy atom. The third kappa shape index (κ3) is 4.49. The van der Waals surface area contributed by atoms with Crippen LogP contribution in [0, 0.1) is 0 Å². The van der Waals surface area contributed by atoms with Crippen LogP contribution in [-0.4, -0.2) is 21.9 Å². The Labute approximate surface area is 91.7 Å². The van der Waals surface area contributed by atoms with Gasteiger partial charge >= 0.3 is 0 Å². The lowest BCUT2D eigenvalue weighted by Crippen LogP contribution is -2.21. The lowest BCUT2D eigenvalue weighted by Gasteiger charge is -2.19. The highest BCUT2D eigenvalue weighted by Gasteiger charge is 2.09. The second kappa shape index (κ2) is 4.81. The minimum absolute atomic E-state index is 0.0831. The third-order valence-electron chi connectivity index (χ3n) is 2.14. The fourth-order valence-corrected chi connectivity index (χ4v) is 1.30. The molecule has 86 valence electrons. The molecule has 0 aromatic carbocycles. The van der Waals surface area contributed by atoms with Gasteiger partial charge in [0.05, 0.1) is 18.3 Å². The summed E-state index contributed by atoms with van der Waals surface area (Å²) in [6.07, 6.45) is 3.53. The second-order valence-corrected chi connectivity index (χ2v) is 4.82. The SMILES string of the molecule is CC(O)c1ccn(CCOC(C)(C)C)c1. The summed E-state index contributed by atoms with van der Waals surface area (Å²) < 4.78 is 7.66. The molecule has 3 nitrogen and oxygen atoms in total. The van der Waals surface area contributed by atoms with Crippen molar-refractivity contribution >= 4 is 0 Å². The zero-order chi connectivity index (χ0) is 11.5. The molecule has 0 saturated carbocycles. The molecular formula is C12H21NO2. The van der Waals surface area contributed by atoms with Crippen molar-refractivity contribution in [1.29, 1.82) is 0 Å². The van der Waals surface area contributed by atoms with Crippen LogP contribution >= 0.6 is 0 Å². The Morgan fingerprint density at radius 3 is 2.60 bits per heavy atom. The number of hydrogen-bond donors (Lipinski definition) is 1. The van der Waals surface area contributed by atoms with Crippen LogP contribution in [0.1, 0.15) is 39.4 Å². The van der Waals surface area contributed by atoms with Crippen LogP contribution in [-0.2, 0) is 11.3 Å². The Hall–Kier alpha value is -0.800. The second-order valence-electron chi connectivity index (χ2n) is 4.82. The highest BCUT2D eigenvalue weighted by molar-refractivity contribution is 5.12. The van der Waals surface area contributed by atoms with Crippen LogP contribution < -0.4 is 0 Å². The van der Waals surface area contributed by atoms with E-state index >= 15 is 0 Å². The van der Waals surface area contributed by atoms with Crippen LogP contribution in [0.15, 0.2) is 18.5 Å². The predicted octanol–water partition coefficient (Wildman–Crippen LogP) is 2.36. The summed E-state index contributed by atoms with van der Waals surface area (Å²) in [7, 11) is 0. The summed E-state index contributed by atoms with van der Waals surface area (Å²) in [6.45, 7) is 9.42. The topological polar surface area (TPSA) is 34.4 Å². The quantitative estimate of drug-likeness (QED) is 0.829. The first-order chi connectivity index (χ1) is 6.88. The van der Waals surface area contributed by atoms with Crippen molar-refractivity contribution in [2.24, 2.45) is 0 Å². The van der Waals surface area contributed by atoms with Gasteiger partial charge in [-0.25, -0.2) is 0 Å². The Kier molecular flexibility index (Phi) is 3.94. The lowest BCUT2D eigenvalue weighted by molar-refractivity contribution is -0.00682. The van der Waals surface area contributed by atoms with Crippen molar-refractivity contribution in [1.82, 2.24) is 4.57 Å². The first-order valence-corrected chi connectivity index (χ1v) is 5.36. The fourth-order valence-electron chi connectivity index (χ4n) is 1.30. The average Bonchev–Trinajstić information content (AvgIpc) is 2.50. The van der Waals surface area contributed by atoms with Crippen molar-refractivity contribution < 1.29 is 9.84 Å². The predicted molar refractivity (Wildman–Crippen MR) is 60.8 cm³/mol. The number of aromatic nitrogens is 1. The van der Waals surface area contributed by atoms with Crippen LogP contribution in [0.3, 0.4) is 0 Å². The first-order valence-electron chi connectivity index (χ1n) is 5.36. The fraction of sp³-hybridized carbons (Fsp3) is 0.667. The van der Waals surface area contributed by atoms with Gasteiger partial charge < -0.3 is 14.4 Å². The molecule has 1 heterocycles. The summed E-state index contributed by atoms with van der Waals surface area (Å²) in [6, 6.07) is 1.93. The Bertz CT molecular complexity index is 297. The summed E-state index contributed by atoms with van der Waals surface area (Å²) in [5.41, 5.74) is 0.867. The maximum atomic E-state index is 9.35. The van der Waals surface area contributed by atoms with Gasteiger partial charge in [-0.15, -0.1) is 0 Å². The normalized spacial score (nSPS) is 14.2. The molecule has 0 spiro atoms. The van der Waals surface area contributed by atoms with E-state index in [0.717, 1.165) is 12.1 Å². The lowest BCUT2D eigenvalue weighted by atomic mass is 10.2. The van der Waals surface area contributed by atoms with Crippen molar-refractivity contribution in [2.45, 2.75) is 45.9 Å². The highest BCUT2D eigenvalue weighted by atomic mass is 16.5. The molecule has 0 aliphatic carbocycles. The van der Waals surface area contributed by atoms with Gasteiger partial charge in [-0.05, 0) is 39.3 Å². The number of nitrogens with zero attached hydrogens (tertiary/aromatic N) is 1. The van der Waals surface area contributed by atoms with Crippen molar-refractivity contribution in [3.8, 4) is 0 Å². The molecule has 1 aromatic heterocycles. The third-order valence-corrected chi connectivity index (χ3v) is 2.14. The maximum Gasteiger partial charge on any atom is 0.0776 e. The molecule has 15 heavy (non-hydrogen) atoms. The summed E-state index contributed by atoms with van der Waals surface area (Å²) in [5, 5.41) is 9.35. The molecule has 1 N–H and O–H groups in total. The standard InChI is InChI=1S/C12H21NO2/c1-10(14)11-5-6-13(9-11)7-8-15-12(2,3)4/h5-6,9-10,14H,7-8H2,1-4H3. The van der Waals surface area contributed by atoms with Crippen molar-refractivity contribution in [3.63, 3.8) is 0 Å². The number of aliphatic hydroxyl groups is 1. The van der Waals surface area contributed by atoms with E-state index < -0.39 is 6.10 Å². The van der Waals surface area contributed by atoms with Gasteiger partial charge in [-0.3, -0.25) is 0 Å². The minimum atomic E-state index is -0.394. The molecule has 0 saturated heterocycles. The molecule has 0 aliphatic heterocycles. The summed E-state index contributed by atoms with van der Waals surface area (Å²) in [5.74, 6) is 0. The molecule has 0 aliphatic rings. The average molecular weight is 211 g/mol. The Morgan fingerprint density at radius 2 is 2.13 bits per heavy atom. The van der Waals surface area contributed by atoms with E-state index in [0.29, 0.717) is 6.61 Å². The molecule has 1 unspecified atom stereocenters. The molecule has 1 rings (SSSR count). The van der Waals surface area contributed by atoms with E-state index in [-0.39, 0.29) is 5.60 Å². The van der Waals surface area contributed by atoms with Gasteiger partial charge in [0.2, 0.25) is 0 Å². The first kappa shape index (κ1) is 12.3. The summed E-state index contributed by atoms with van der Waals surface area (Å²) >= 11 is 0. The van der Waals surface area contributed by atoms with Crippen LogP contribution in [0.5, 0.6) is 0 Å². The zero-order valence-electron chi connectivity index (χ0n) is 10.0. The molecule has 3 heteroatoms. The molecule has 0 bridgehead atoms. The number of rotatable bonds is 4. The van der Waals surface area contributed by atoms with Crippen LogP contribution in [0.25, 0.3) is 0 Å². The van der Waals surface area contributed by atoms with E-state index in [2.05, 4.69) is 0 Å². The molecule has 1 atom stereocenters. The van der Waals surface area contributed by atoms with Gasteiger partial charge in [0, 0.05) is 18.9 Å². The van der Waals surface area contributed by atoms with Gasteiger partial charge in [0.15, 0.2) is 0 Å². The maximum absolute atomic E-state index is 9.35. The highest BCUT2D eigenvalue weighted by Crippen LogP contribution is 2.12. The van der Waals surface area contributed by atoms with E-state index in [9.17, 15) is 5.11 Å². The molecule has 0 radical (unpaired) electrons. The minimum Gasteiger partial charge on any atom is -0.389 e. The van der Waals surface area contributed by atoms with E-state index in [1.807, 2.05) is 43.8 Å². The zero-order valence-corrected chi connectivity index (χ0v) is 10.0. The van der Waals surface area contributed by atoms with E-state index in [4.69, 9.17) is 4.74 Å². The van der Waals surface area contributed by atoms with E-state index in [1.54, 1.807) is 6.92 Å². The number of hydrogen-bond acceptors (Lipinski definition) is 2. The largest absolute Gasteiger partial charge is 0.389 e. The summed E-state index contributed by atoms with van der Waals surface area (Å²) in [4.78, 5) is 0. The van der Waals surface area contributed by atoms with Crippen LogP contribution in [0.4, 0.5) is 0 Å². The van der Waals surface area contributed by atoms with Gasteiger partial charge in [-0.1, -0.05) is 0 Å². The molecule has 0 fully saturated rings. The van der Waals surface area contributed by atoms with Gasteiger partial charge in [-0.2, -0.15) is 0 Å². The van der Waals surface area contributed by atoms with Gasteiger partial charge in [0.1, 0.15) is 0 Å². The van der Waals surface area contributed by atoms with Crippen LogP contribution in [0.2, 0.25) is 0 Å². The smallest absolute Gasteiger partial charge is 0.0776 e. The number of ether oxygens (including phenoxy) is 1. The van der Waals surface area contributed by atoms with Gasteiger partial charge in [0.25, 0.3) is 0 Å². The molecule has 1 aromatic rings. The van der Waals surface area contributed by atoms with Crippen molar-refractivity contribution in [2.75, 3.05) is 6.61 Å². The van der Waals surface area contributed by atoms with Crippen molar-refractivity contribution in [3.05, 3.63) is 24.0 Å². The monoisotopic (exact) mass is 211 g/mol. The molecular weight excluding hydrogens is 190 g/mol. The van der Waals surface area contributed by atoms with E-state index in [1.165, 1.54) is 0 Å². The Balaban J connectivity index is 2.38.